The molecule has 0 amide bonds. The molecule has 112 valence electrons. The van der Waals surface area contributed by atoms with Gasteiger partial charge in [-0.1, -0.05) is 13.8 Å². The van der Waals surface area contributed by atoms with E-state index in [2.05, 4.69) is 49.1 Å². The molecular weight excluding hydrogens is 246 g/mol. The van der Waals surface area contributed by atoms with E-state index in [0.29, 0.717) is 11.5 Å². The Bertz CT molecular complexity index is 444. The lowest BCUT2D eigenvalue weighted by Crippen LogP contribution is -2.38. The van der Waals surface area contributed by atoms with Gasteiger partial charge in [-0.2, -0.15) is 0 Å². The van der Waals surface area contributed by atoms with Crippen molar-refractivity contribution in [3.8, 4) is 0 Å². The highest BCUT2D eigenvalue weighted by molar-refractivity contribution is 5.54. The minimum atomic E-state index is 0.527. The van der Waals surface area contributed by atoms with Crippen LogP contribution in [-0.2, 0) is 6.54 Å². The quantitative estimate of drug-likeness (QED) is 0.911. The molecule has 1 aromatic rings. The Hall–Kier alpha value is -1.09. The molecule has 0 saturated heterocycles. The fraction of sp³-hybridized carbons (Fsp3) is 0.706. The van der Waals surface area contributed by atoms with Crippen molar-refractivity contribution in [1.82, 2.24) is 10.3 Å². The number of nitrogens with zero attached hydrogens (tertiary/aromatic N) is 2. The third kappa shape index (κ3) is 3.51. The molecule has 1 heterocycles. The van der Waals surface area contributed by atoms with Crippen LogP contribution in [0.2, 0.25) is 0 Å². The second-order valence-corrected chi connectivity index (χ2v) is 6.99. The summed E-state index contributed by atoms with van der Waals surface area (Å²) in [7, 11) is 4.24. The van der Waals surface area contributed by atoms with Crippen molar-refractivity contribution in [2.75, 3.05) is 19.0 Å². The predicted molar refractivity (Wildman–Crippen MR) is 86.2 cm³/mol. The Balaban J connectivity index is 2.16. The highest BCUT2D eigenvalue weighted by Gasteiger charge is 2.29. The molecule has 1 fully saturated rings. The smallest absolute Gasteiger partial charge is 0.0445 e. The van der Waals surface area contributed by atoms with Gasteiger partial charge in [0, 0.05) is 42.8 Å². The molecule has 1 N–H and O–H groups in total. The van der Waals surface area contributed by atoms with Crippen LogP contribution in [0.5, 0.6) is 0 Å². The Morgan fingerprint density at radius 3 is 2.60 bits per heavy atom. The number of anilines is 1. The van der Waals surface area contributed by atoms with E-state index in [-0.39, 0.29) is 0 Å². The molecule has 20 heavy (non-hydrogen) atoms. The zero-order valence-electron chi connectivity index (χ0n) is 13.7. The SMILES string of the molecule is CNCc1cnc(C)cc1N(C)C1CCC(C)(C)CC1. The minimum absolute atomic E-state index is 0.527. The number of nitrogens with one attached hydrogen (secondary N) is 1. The number of aromatic nitrogens is 1. The maximum Gasteiger partial charge on any atom is 0.0445 e. The van der Waals surface area contributed by atoms with Crippen LogP contribution in [0.1, 0.15) is 50.8 Å². The molecule has 1 aliphatic carbocycles. The van der Waals surface area contributed by atoms with Crippen LogP contribution in [0, 0.1) is 12.3 Å². The summed E-state index contributed by atoms with van der Waals surface area (Å²) in [5, 5.41) is 3.25. The van der Waals surface area contributed by atoms with Gasteiger partial charge in [-0.15, -0.1) is 0 Å². The van der Waals surface area contributed by atoms with E-state index in [9.17, 15) is 0 Å². The van der Waals surface area contributed by atoms with Gasteiger partial charge in [0.05, 0.1) is 0 Å². The van der Waals surface area contributed by atoms with Crippen molar-refractivity contribution in [3.63, 3.8) is 0 Å². The highest BCUT2D eigenvalue weighted by Crippen LogP contribution is 2.38. The van der Waals surface area contributed by atoms with E-state index >= 15 is 0 Å². The fourth-order valence-electron chi connectivity index (χ4n) is 3.20. The summed E-state index contributed by atoms with van der Waals surface area (Å²) in [6.07, 6.45) is 7.26. The number of pyridine rings is 1. The van der Waals surface area contributed by atoms with Gasteiger partial charge < -0.3 is 10.2 Å². The van der Waals surface area contributed by atoms with Crippen molar-refractivity contribution in [1.29, 1.82) is 0 Å². The molecule has 0 aromatic carbocycles. The van der Waals surface area contributed by atoms with E-state index < -0.39 is 0 Å². The van der Waals surface area contributed by atoms with Crippen molar-refractivity contribution < 1.29 is 0 Å². The minimum Gasteiger partial charge on any atom is -0.371 e. The number of aryl methyl sites for hydroxylation is 1. The summed E-state index contributed by atoms with van der Waals surface area (Å²) in [5.41, 5.74) is 4.27. The van der Waals surface area contributed by atoms with Crippen molar-refractivity contribution in [2.45, 2.75) is 59.0 Å². The summed E-state index contributed by atoms with van der Waals surface area (Å²) >= 11 is 0. The molecule has 3 heteroatoms. The van der Waals surface area contributed by atoms with Crippen molar-refractivity contribution >= 4 is 5.69 Å². The fourth-order valence-corrected chi connectivity index (χ4v) is 3.20. The second kappa shape index (κ2) is 6.13. The molecule has 0 atom stereocenters. The first-order valence-electron chi connectivity index (χ1n) is 7.76. The van der Waals surface area contributed by atoms with Gasteiger partial charge >= 0.3 is 0 Å². The Morgan fingerprint density at radius 2 is 2.00 bits per heavy atom. The van der Waals surface area contributed by atoms with Crippen LogP contribution in [0.15, 0.2) is 12.3 Å². The third-order valence-electron chi connectivity index (χ3n) is 4.70. The van der Waals surface area contributed by atoms with Crippen LogP contribution in [0.4, 0.5) is 5.69 Å². The Labute approximate surface area is 123 Å². The zero-order valence-corrected chi connectivity index (χ0v) is 13.7. The Kier molecular flexibility index (Phi) is 4.69. The largest absolute Gasteiger partial charge is 0.371 e. The van der Waals surface area contributed by atoms with E-state index in [1.54, 1.807) is 0 Å². The van der Waals surface area contributed by atoms with Crippen LogP contribution in [0.25, 0.3) is 0 Å². The van der Waals surface area contributed by atoms with Crippen molar-refractivity contribution in [2.24, 2.45) is 5.41 Å². The number of rotatable bonds is 4. The summed E-state index contributed by atoms with van der Waals surface area (Å²) in [6.45, 7) is 7.74. The van der Waals surface area contributed by atoms with E-state index in [4.69, 9.17) is 0 Å². The van der Waals surface area contributed by atoms with Crippen LogP contribution in [0.3, 0.4) is 0 Å². The molecule has 0 bridgehead atoms. The molecule has 1 saturated carbocycles. The third-order valence-corrected chi connectivity index (χ3v) is 4.70. The first kappa shape index (κ1) is 15.3. The highest BCUT2D eigenvalue weighted by atomic mass is 15.1. The lowest BCUT2D eigenvalue weighted by atomic mass is 9.75. The van der Waals surface area contributed by atoms with Crippen LogP contribution >= 0.6 is 0 Å². The average Bonchev–Trinajstić information content (AvgIpc) is 2.40. The van der Waals surface area contributed by atoms with Crippen LogP contribution in [-0.4, -0.2) is 25.1 Å². The van der Waals surface area contributed by atoms with Gasteiger partial charge in [0.15, 0.2) is 0 Å². The molecule has 3 nitrogen and oxygen atoms in total. The summed E-state index contributed by atoms with van der Waals surface area (Å²) in [5.74, 6) is 0. The average molecular weight is 275 g/mol. The van der Waals surface area contributed by atoms with Crippen LogP contribution < -0.4 is 10.2 Å². The van der Waals surface area contributed by atoms with Gasteiger partial charge in [-0.3, -0.25) is 4.98 Å². The summed E-state index contributed by atoms with van der Waals surface area (Å²) in [6, 6.07) is 2.90. The Morgan fingerprint density at radius 1 is 1.35 bits per heavy atom. The van der Waals surface area contributed by atoms with E-state index in [1.807, 2.05) is 13.2 Å². The normalized spacial score (nSPS) is 19.1. The predicted octanol–water partition coefficient (Wildman–Crippen LogP) is 3.51. The molecule has 0 spiro atoms. The molecule has 1 aromatic heterocycles. The maximum atomic E-state index is 4.44. The topological polar surface area (TPSA) is 28.2 Å². The maximum absolute atomic E-state index is 4.44. The van der Waals surface area contributed by atoms with Gasteiger partial charge in [0.1, 0.15) is 0 Å². The molecule has 0 unspecified atom stereocenters. The first-order chi connectivity index (χ1) is 9.43. The molecular formula is C17H29N3. The summed E-state index contributed by atoms with van der Waals surface area (Å²) in [4.78, 5) is 6.93. The number of hydrogen-bond acceptors (Lipinski definition) is 3. The van der Waals surface area contributed by atoms with Gasteiger partial charge in [-0.25, -0.2) is 0 Å². The second-order valence-electron chi connectivity index (χ2n) is 6.99. The van der Waals surface area contributed by atoms with E-state index in [0.717, 1.165) is 12.2 Å². The molecule has 2 rings (SSSR count). The molecule has 0 aliphatic heterocycles. The lowest BCUT2D eigenvalue weighted by Gasteiger charge is -2.40. The zero-order chi connectivity index (χ0) is 14.8. The van der Waals surface area contributed by atoms with Gasteiger partial charge in [0.2, 0.25) is 0 Å². The molecule has 1 aliphatic rings. The first-order valence-corrected chi connectivity index (χ1v) is 7.76. The monoisotopic (exact) mass is 275 g/mol. The van der Waals surface area contributed by atoms with Crippen molar-refractivity contribution in [3.05, 3.63) is 23.5 Å². The lowest BCUT2D eigenvalue weighted by molar-refractivity contribution is 0.222. The standard InChI is InChI=1S/C17H29N3/c1-13-10-16(14(11-18-4)12-19-13)20(5)15-6-8-17(2,3)9-7-15/h10,12,15,18H,6-9,11H2,1-5H3. The van der Waals surface area contributed by atoms with Gasteiger partial charge in [0.25, 0.3) is 0 Å². The number of hydrogen-bond donors (Lipinski definition) is 1. The van der Waals surface area contributed by atoms with E-state index in [1.165, 1.54) is 36.9 Å². The summed E-state index contributed by atoms with van der Waals surface area (Å²) < 4.78 is 0. The molecule has 0 radical (unpaired) electrons. The van der Waals surface area contributed by atoms with Gasteiger partial charge in [-0.05, 0) is 51.1 Å².